The molecular weight excluding hydrogens is 318 g/mol. The second kappa shape index (κ2) is 7.20. The number of nitrogens with zero attached hydrogens (tertiary/aromatic N) is 1. The van der Waals surface area contributed by atoms with Gasteiger partial charge in [0.2, 0.25) is 5.91 Å². The summed E-state index contributed by atoms with van der Waals surface area (Å²) in [5, 5.41) is 2.90. The molecular formula is C15H24BrN3O. The van der Waals surface area contributed by atoms with E-state index in [4.69, 9.17) is 5.73 Å². The van der Waals surface area contributed by atoms with Crippen molar-refractivity contribution in [3.05, 3.63) is 34.3 Å². The largest absolute Gasteiger partial charge is 0.353 e. The zero-order chi connectivity index (χ0) is 15.3. The number of hydrogen-bond acceptors (Lipinski definition) is 3. The molecule has 0 radical (unpaired) electrons. The first-order valence-electron chi connectivity index (χ1n) is 6.78. The maximum absolute atomic E-state index is 12.2. The molecule has 0 bridgehead atoms. The summed E-state index contributed by atoms with van der Waals surface area (Å²) >= 11 is 3.37. The first kappa shape index (κ1) is 17.1. The van der Waals surface area contributed by atoms with Crippen molar-refractivity contribution in [3.8, 4) is 0 Å². The first-order chi connectivity index (χ1) is 9.25. The van der Waals surface area contributed by atoms with Gasteiger partial charge in [-0.25, -0.2) is 0 Å². The van der Waals surface area contributed by atoms with Gasteiger partial charge in [-0.15, -0.1) is 0 Å². The third-order valence-corrected chi connectivity index (χ3v) is 4.08. The molecule has 0 spiro atoms. The normalized spacial score (nSPS) is 14.4. The van der Waals surface area contributed by atoms with E-state index >= 15 is 0 Å². The van der Waals surface area contributed by atoms with Gasteiger partial charge in [0.05, 0.1) is 0 Å². The lowest BCUT2D eigenvalue weighted by Gasteiger charge is -2.26. The Morgan fingerprint density at radius 1 is 1.40 bits per heavy atom. The molecule has 0 aliphatic heterocycles. The van der Waals surface area contributed by atoms with Gasteiger partial charge < -0.3 is 16.0 Å². The van der Waals surface area contributed by atoms with Crippen LogP contribution in [0.3, 0.4) is 0 Å². The van der Waals surface area contributed by atoms with Crippen LogP contribution >= 0.6 is 15.9 Å². The Hall–Kier alpha value is -0.910. The minimum Gasteiger partial charge on any atom is -0.353 e. The molecule has 20 heavy (non-hydrogen) atoms. The fourth-order valence-corrected chi connectivity index (χ4v) is 1.98. The van der Waals surface area contributed by atoms with Gasteiger partial charge in [0.25, 0.3) is 0 Å². The van der Waals surface area contributed by atoms with E-state index in [0.29, 0.717) is 12.6 Å². The van der Waals surface area contributed by atoms with Crippen LogP contribution in [0.1, 0.15) is 26.3 Å². The van der Waals surface area contributed by atoms with E-state index in [9.17, 15) is 4.79 Å². The minimum atomic E-state index is -1.02. The smallest absolute Gasteiger partial charge is 0.244 e. The van der Waals surface area contributed by atoms with E-state index in [1.54, 1.807) is 6.92 Å². The quantitative estimate of drug-likeness (QED) is 0.832. The Bertz CT molecular complexity index is 443. The van der Waals surface area contributed by atoms with Gasteiger partial charge >= 0.3 is 0 Å². The van der Waals surface area contributed by atoms with E-state index in [2.05, 4.69) is 40.0 Å². The van der Waals surface area contributed by atoms with Crippen molar-refractivity contribution in [2.75, 3.05) is 20.1 Å². The van der Waals surface area contributed by atoms with Crippen molar-refractivity contribution < 1.29 is 4.79 Å². The van der Waals surface area contributed by atoms with Crippen LogP contribution < -0.4 is 11.1 Å². The molecule has 5 heteroatoms. The number of carbonyl (C=O) groups is 1. The van der Waals surface area contributed by atoms with Crippen molar-refractivity contribution in [1.82, 2.24) is 10.2 Å². The molecule has 1 unspecified atom stereocenters. The van der Waals surface area contributed by atoms with E-state index in [-0.39, 0.29) is 5.91 Å². The second-order valence-corrected chi connectivity index (χ2v) is 6.46. The molecule has 0 aliphatic rings. The van der Waals surface area contributed by atoms with Crippen LogP contribution in [0.15, 0.2) is 28.7 Å². The summed E-state index contributed by atoms with van der Waals surface area (Å²) in [6.07, 6.45) is 0. The van der Waals surface area contributed by atoms with Crippen LogP contribution in [0.2, 0.25) is 0 Å². The van der Waals surface area contributed by atoms with Gasteiger partial charge in [0.1, 0.15) is 5.54 Å². The topological polar surface area (TPSA) is 58.4 Å². The number of likely N-dealkylation sites (N-methyl/N-ethyl adjacent to an activating group) is 1. The lowest BCUT2D eigenvalue weighted by molar-refractivity contribution is -0.126. The Labute approximate surface area is 129 Å². The number of nitrogens with one attached hydrogen (secondary N) is 1. The Morgan fingerprint density at radius 3 is 2.45 bits per heavy atom. The van der Waals surface area contributed by atoms with Crippen LogP contribution in [0.5, 0.6) is 0 Å². The molecule has 1 aromatic rings. The minimum absolute atomic E-state index is 0.156. The highest BCUT2D eigenvalue weighted by molar-refractivity contribution is 9.10. The number of hydrogen-bond donors (Lipinski definition) is 2. The number of carbonyl (C=O) groups excluding carboxylic acids is 1. The average molecular weight is 342 g/mol. The lowest BCUT2D eigenvalue weighted by Crippen LogP contribution is -2.50. The number of amides is 1. The van der Waals surface area contributed by atoms with Crippen molar-refractivity contribution in [2.24, 2.45) is 5.73 Å². The fraction of sp³-hybridized carbons (Fsp3) is 0.533. The molecule has 3 N–H and O–H groups in total. The third kappa shape index (κ3) is 4.58. The summed E-state index contributed by atoms with van der Waals surface area (Å²) in [6.45, 7) is 7.38. The summed E-state index contributed by atoms with van der Waals surface area (Å²) in [6, 6.07) is 7.97. The number of nitrogens with two attached hydrogens (primary N) is 1. The lowest BCUT2D eigenvalue weighted by atomic mass is 9.92. The third-order valence-electron chi connectivity index (χ3n) is 3.55. The van der Waals surface area contributed by atoms with E-state index < -0.39 is 5.54 Å². The number of benzene rings is 1. The molecule has 112 valence electrons. The second-order valence-electron chi connectivity index (χ2n) is 5.54. The standard InChI is InChI=1S/C15H24BrN3O/c1-11(2)19(4)10-9-18-14(20)15(3,17)12-5-7-13(16)8-6-12/h5-8,11H,9-10,17H2,1-4H3,(H,18,20). The molecule has 1 aromatic carbocycles. The van der Waals surface area contributed by atoms with Gasteiger partial charge in [-0.05, 0) is 45.5 Å². The maximum atomic E-state index is 12.2. The number of rotatable bonds is 6. The van der Waals surface area contributed by atoms with Gasteiger partial charge in [-0.1, -0.05) is 28.1 Å². The molecule has 1 atom stereocenters. The fourth-order valence-electron chi connectivity index (χ4n) is 1.71. The Balaban J connectivity index is 2.59. The van der Waals surface area contributed by atoms with Gasteiger partial charge in [-0.3, -0.25) is 4.79 Å². The highest BCUT2D eigenvalue weighted by Crippen LogP contribution is 2.20. The van der Waals surface area contributed by atoms with Crippen molar-refractivity contribution in [2.45, 2.75) is 32.4 Å². The number of halogens is 1. The molecule has 0 aliphatic carbocycles. The highest BCUT2D eigenvalue weighted by Gasteiger charge is 2.30. The summed E-state index contributed by atoms with van der Waals surface area (Å²) in [5.41, 5.74) is 5.95. The summed E-state index contributed by atoms with van der Waals surface area (Å²) in [7, 11) is 2.03. The summed E-state index contributed by atoms with van der Waals surface area (Å²) in [5.74, 6) is -0.156. The predicted molar refractivity (Wildman–Crippen MR) is 86.5 cm³/mol. The highest BCUT2D eigenvalue weighted by atomic mass is 79.9. The molecule has 0 saturated carbocycles. The van der Waals surface area contributed by atoms with Gasteiger partial charge in [0, 0.05) is 23.6 Å². The summed E-state index contributed by atoms with van der Waals surface area (Å²) in [4.78, 5) is 14.4. The monoisotopic (exact) mass is 341 g/mol. The van der Waals surface area contributed by atoms with E-state index in [1.165, 1.54) is 0 Å². The van der Waals surface area contributed by atoms with Crippen LogP contribution in [0.4, 0.5) is 0 Å². The predicted octanol–water partition coefficient (Wildman–Crippen LogP) is 2.08. The van der Waals surface area contributed by atoms with E-state index in [0.717, 1.165) is 16.6 Å². The average Bonchev–Trinajstić information content (AvgIpc) is 2.38. The molecule has 1 rings (SSSR count). The van der Waals surface area contributed by atoms with Crippen LogP contribution in [0, 0.1) is 0 Å². The van der Waals surface area contributed by atoms with Crippen LogP contribution in [-0.2, 0) is 10.3 Å². The zero-order valence-corrected chi connectivity index (χ0v) is 14.2. The van der Waals surface area contributed by atoms with Gasteiger partial charge in [0.15, 0.2) is 0 Å². The molecule has 0 saturated heterocycles. The van der Waals surface area contributed by atoms with Crippen molar-refractivity contribution >= 4 is 21.8 Å². The maximum Gasteiger partial charge on any atom is 0.244 e. The molecule has 0 fully saturated rings. The Morgan fingerprint density at radius 2 is 1.95 bits per heavy atom. The van der Waals surface area contributed by atoms with Gasteiger partial charge in [-0.2, -0.15) is 0 Å². The van der Waals surface area contributed by atoms with Crippen molar-refractivity contribution in [3.63, 3.8) is 0 Å². The SMILES string of the molecule is CC(C)N(C)CCNC(=O)C(C)(N)c1ccc(Br)cc1. The zero-order valence-electron chi connectivity index (χ0n) is 12.6. The molecule has 0 heterocycles. The Kier molecular flexibility index (Phi) is 6.17. The first-order valence-corrected chi connectivity index (χ1v) is 7.58. The molecule has 4 nitrogen and oxygen atoms in total. The van der Waals surface area contributed by atoms with E-state index in [1.807, 2.05) is 31.3 Å². The van der Waals surface area contributed by atoms with Crippen LogP contribution in [0.25, 0.3) is 0 Å². The summed E-state index contributed by atoms with van der Waals surface area (Å²) < 4.78 is 0.969. The van der Waals surface area contributed by atoms with Crippen LogP contribution in [-0.4, -0.2) is 37.0 Å². The van der Waals surface area contributed by atoms with Crippen molar-refractivity contribution in [1.29, 1.82) is 0 Å². The molecule has 0 aromatic heterocycles. The molecule has 1 amide bonds.